The fourth-order valence-electron chi connectivity index (χ4n) is 11.4. The summed E-state index contributed by atoms with van der Waals surface area (Å²) >= 11 is 0. The van der Waals surface area contributed by atoms with Crippen LogP contribution < -0.4 is 10.6 Å². The number of piperidine rings is 2. The van der Waals surface area contributed by atoms with E-state index < -0.39 is 0 Å². The van der Waals surface area contributed by atoms with Gasteiger partial charge in [0.2, 0.25) is 0 Å². The van der Waals surface area contributed by atoms with E-state index in [9.17, 15) is 5.11 Å². The second-order valence-corrected chi connectivity index (χ2v) is 31.1. The van der Waals surface area contributed by atoms with Crippen LogP contribution in [0.25, 0.3) is 0 Å². The number of likely N-dealkylation sites (tertiary alicyclic amines) is 1. The quantitative estimate of drug-likeness (QED) is 0.0433. The number of aliphatic hydroxyl groups is 1. The number of likely N-dealkylation sites (N-methyl/N-ethyl adjacent to an activating group) is 1. The van der Waals surface area contributed by atoms with E-state index in [0.29, 0.717) is 90.2 Å². The Balaban J connectivity index is 0.000000255. The van der Waals surface area contributed by atoms with Crippen LogP contribution in [0.4, 0.5) is 0 Å². The van der Waals surface area contributed by atoms with Gasteiger partial charge in [-0.2, -0.15) is 30.6 Å². The van der Waals surface area contributed by atoms with E-state index in [0.717, 1.165) is 155 Å². The van der Waals surface area contributed by atoms with Crippen LogP contribution in [0.2, 0.25) is 0 Å². The molecule has 0 aliphatic carbocycles. The van der Waals surface area contributed by atoms with Crippen LogP contribution in [0.5, 0.6) is 0 Å². The molecule has 1 atom stereocenters. The molecule has 3 aliphatic heterocycles. The lowest BCUT2D eigenvalue weighted by molar-refractivity contribution is 0.0358. The third kappa shape index (κ3) is 28.7. The Hall–Kier alpha value is -5.44. The van der Waals surface area contributed by atoms with Gasteiger partial charge in [0.15, 0.2) is 34.9 Å². The third-order valence-corrected chi connectivity index (χ3v) is 17.4. The Kier molecular flexibility index (Phi) is 38.5. The van der Waals surface area contributed by atoms with E-state index in [1.165, 1.54) is 45.2 Å². The summed E-state index contributed by atoms with van der Waals surface area (Å²) in [5.41, 5.74) is 0. The highest BCUT2D eigenvalue weighted by atomic mass is 16.5. The molecule has 3 aliphatic rings. The van der Waals surface area contributed by atoms with Gasteiger partial charge in [0, 0.05) is 111 Å². The van der Waals surface area contributed by atoms with E-state index >= 15 is 0 Å². The molecule has 9 rings (SSSR count). The van der Waals surface area contributed by atoms with Gasteiger partial charge in [-0.15, -0.1) is 0 Å². The maximum Gasteiger partial charge on any atom is 0.153 e. The Morgan fingerprint density at radius 2 is 0.720 bits per heavy atom. The van der Waals surface area contributed by atoms with Gasteiger partial charge < -0.3 is 30.1 Å². The summed E-state index contributed by atoms with van der Waals surface area (Å²) in [5, 5.41) is 43.4. The number of methoxy groups -OCH3 is 1. The largest absolute Gasteiger partial charge is 0.391 e. The SMILES string of the molecule is CC(C)c1nc(C(C)C)n(C2CCNCC2)n1.CC(C)c1nc(C(C)C)n(CCN2CCCCC2)n1.CC(C)c1nc(C(C)C)n(CCN2CCOCC2)n1.CC(O)Cn1nc(C(C)C)nc1C(C)C.CNCCn1nc(C(C)C)nc1C(C)C.COCCn1nc(C(C)C)nc1C(C)C. The zero-order valence-electron chi connectivity index (χ0n) is 67.8. The molecule has 0 spiro atoms. The molecule has 570 valence electrons. The number of aromatic nitrogens is 18. The molecule has 3 saturated heterocycles. The number of ether oxygens (including phenoxy) is 2. The van der Waals surface area contributed by atoms with Crippen LogP contribution in [-0.4, -0.2) is 202 Å². The lowest BCUT2D eigenvalue weighted by Crippen LogP contribution is -2.38. The molecule has 100 heavy (non-hydrogen) atoms. The first-order valence-electron chi connectivity index (χ1n) is 38.5. The van der Waals surface area contributed by atoms with Crippen molar-refractivity contribution >= 4 is 0 Å². The molecule has 3 N–H and O–H groups in total. The van der Waals surface area contributed by atoms with Crippen LogP contribution in [0, 0.1) is 0 Å². The second kappa shape index (κ2) is 44.3. The lowest BCUT2D eigenvalue weighted by atomic mass is 10.1. The number of aliphatic hydroxyl groups excluding tert-OH is 1. The average molecular weight is 1400 g/mol. The van der Waals surface area contributed by atoms with Gasteiger partial charge in [0.05, 0.1) is 64.7 Å². The van der Waals surface area contributed by atoms with Crippen LogP contribution in [0.15, 0.2) is 0 Å². The predicted molar refractivity (Wildman–Crippen MR) is 405 cm³/mol. The fourth-order valence-corrected chi connectivity index (χ4v) is 11.4. The lowest BCUT2D eigenvalue weighted by Gasteiger charge is -2.26. The molecular formula is C75H142N22O3. The minimum atomic E-state index is -0.385. The smallest absolute Gasteiger partial charge is 0.153 e. The van der Waals surface area contributed by atoms with E-state index in [2.05, 4.69) is 241 Å². The minimum Gasteiger partial charge on any atom is -0.391 e. The highest BCUT2D eigenvalue weighted by Crippen LogP contribution is 2.27. The molecule has 25 nitrogen and oxygen atoms in total. The molecule has 25 heteroatoms. The van der Waals surface area contributed by atoms with Gasteiger partial charge in [-0.05, 0) is 65.8 Å². The van der Waals surface area contributed by atoms with Crippen LogP contribution >= 0.6 is 0 Å². The Bertz CT molecular complexity index is 3000. The monoisotopic (exact) mass is 1400 g/mol. The molecule has 0 aromatic carbocycles. The van der Waals surface area contributed by atoms with Gasteiger partial charge in [0.1, 0.15) is 34.9 Å². The summed E-state index contributed by atoms with van der Waals surface area (Å²) in [4.78, 5) is 32.7. The summed E-state index contributed by atoms with van der Waals surface area (Å²) in [6.07, 6.45) is 6.05. The molecule has 0 bridgehead atoms. The number of morpholine rings is 1. The number of rotatable bonds is 27. The summed E-state index contributed by atoms with van der Waals surface area (Å²) in [7, 11) is 3.66. The van der Waals surface area contributed by atoms with Gasteiger partial charge in [0.25, 0.3) is 0 Å². The first kappa shape index (κ1) is 87.0. The maximum absolute atomic E-state index is 9.37. The van der Waals surface area contributed by atoms with E-state index in [4.69, 9.17) is 29.6 Å². The van der Waals surface area contributed by atoms with Crippen molar-refractivity contribution in [2.45, 2.75) is 321 Å². The molecule has 6 aromatic rings. The van der Waals surface area contributed by atoms with Gasteiger partial charge in [-0.25, -0.2) is 58.0 Å². The Morgan fingerprint density at radius 3 is 1.06 bits per heavy atom. The second-order valence-electron chi connectivity index (χ2n) is 31.1. The first-order valence-corrected chi connectivity index (χ1v) is 38.5. The van der Waals surface area contributed by atoms with Gasteiger partial charge >= 0.3 is 0 Å². The van der Waals surface area contributed by atoms with Crippen molar-refractivity contribution in [3.8, 4) is 0 Å². The van der Waals surface area contributed by atoms with Crippen molar-refractivity contribution < 1.29 is 14.6 Å². The van der Waals surface area contributed by atoms with Crippen molar-refractivity contribution in [1.29, 1.82) is 0 Å². The van der Waals surface area contributed by atoms with Crippen molar-refractivity contribution in [1.82, 2.24) is 109 Å². The molecule has 0 amide bonds. The maximum atomic E-state index is 9.37. The van der Waals surface area contributed by atoms with Crippen molar-refractivity contribution in [2.75, 3.05) is 92.9 Å². The third-order valence-electron chi connectivity index (χ3n) is 17.4. The number of hydrogen-bond acceptors (Lipinski definition) is 19. The van der Waals surface area contributed by atoms with Crippen molar-refractivity contribution in [3.63, 3.8) is 0 Å². The van der Waals surface area contributed by atoms with E-state index in [1.807, 2.05) is 21.1 Å². The molecule has 0 radical (unpaired) electrons. The first-order chi connectivity index (χ1) is 47.3. The summed E-state index contributed by atoms with van der Waals surface area (Å²) in [5.74, 6) is 17.0. The molecular weight excluding hydrogens is 1260 g/mol. The highest BCUT2D eigenvalue weighted by Gasteiger charge is 2.25. The number of nitrogens with one attached hydrogen (secondary N) is 2. The molecule has 0 saturated carbocycles. The topological polar surface area (TPSA) is 253 Å². The Morgan fingerprint density at radius 1 is 0.400 bits per heavy atom. The zero-order chi connectivity index (χ0) is 74.5. The Labute approximate surface area is 604 Å². The summed E-state index contributed by atoms with van der Waals surface area (Å²) in [6.45, 7) is 69.6. The number of nitrogens with zero attached hydrogens (tertiary/aromatic N) is 20. The minimum absolute atomic E-state index is 0.331. The van der Waals surface area contributed by atoms with Crippen molar-refractivity contribution in [2.24, 2.45) is 0 Å². The van der Waals surface area contributed by atoms with Crippen LogP contribution in [0.3, 0.4) is 0 Å². The van der Waals surface area contributed by atoms with E-state index in [1.54, 1.807) is 14.0 Å². The predicted octanol–water partition coefficient (Wildman–Crippen LogP) is 13.1. The molecule has 6 aromatic heterocycles. The van der Waals surface area contributed by atoms with E-state index in [-0.39, 0.29) is 6.10 Å². The average Bonchev–Trinajstić information content (AvgIpc) is 1.70. The normalized spacial score (nSPS) is 15.4. The molecule has 1 unspecified atom stereocenters. The highest BCUT2D eigenvalue weighted by molar-refractivity contribution is 5.07. The zero-order valence-corrected chi connectivity index (χ0v) is 67.8. The van der Waals surface area contributed by atoms with Gasteiger partial charge in [-0.3, -0.25) is 4.90 Å². The van der Waals surface area contributed by atoms with Crippen LogP contribution in [-0.2, 0) is 42.2 Å². The summed E-state index contributed by atoms with van der Waals surface area (Å²) < 4.78 is 22.7. The standard InChI is InChI=1S/C15H28N4.C14H26N4O.C13H24N4.C11H22N4.2C11H21N3O/c1-12(2)14-16-15(13(3)4)19(17-14)11-10-18-8-6-5-7-9-18;1-11(2)13-15-14(12(3)4)18(16-13)6-5-17-7-9-19-10-8-17;1-9(2)12-15-13(10(3)4)17(16-12)11-5-7-14-8-6-11;1-8(2)10-13-11(9(3)4)15(14-10)7-6-12-5;1-8(2)10-12-11(9(3)4)14(13-10)6-7-15-5;1-7(2)10-12-11(8(3)4)14(13-10)6-9(5)15/h12-13H,5-11H2,1-4H3;11-12H,5-10H2,1-4H3;9-11,14H,5-8H2,1-4H3;8-9,12H,6-7H2,1-5H3;8-9H,6-7H2,1-5H3;7-9,15H,6H2,1-5H3. The van der Waals surface area contributed by atoms with Crippen molar-refractivity contribution in [3.05, 3.63) is 69.9 Å². The molecule has 9 heterocycles. The molecule has 3 fully saturated rings. The number of hydrogen-bond donors (Lipinski definition) is 3. The summed E-state index contributed by atoms with van der Waals surface area (Å²) in [6, 6.07) is 0.536. The van der Waals surface area contributed by atoms with Gasteiger partial charge in [-0.1, -0.05) is 173 Å². The fraction of sp³-hybridized carbons (Fsp3) is 0.840. The van der Waals surface area contributed by atoms with Crippen LogP contribution in [0.1, 0.15) is 352 Å².